The molecule has 1 aromatic heterocycles. The maximum absolute atomic E-state index is 11.4. The maximum atomic E-state index is 11.4. The molecule has 0 saturated heterocycles. The van der Waals surface area contributed by atoms with Crippen molar-refractivity contribution in [3.63, 3.8) is 0 Å². The molecule has 0 bridgehead atoms. The van der Waals surface area contributed by atoms with Gasteiger partial charge in [0.15, 0.2) is 0 Å². The Morgan fingerprint density at radius 3 is 2.77 bits per heavy atom. The Labute approximate surface area is 90.8 Å². The zero-order valence-corrected chi connectivity index (χ0v) is 9.39. The molecule has 0 fully saturated rings. The van der Waals surface area contributed by atoms with E-state index in [9.17, 15) is 4.79 Å². The number of hydrogen-bond acceptors (Lipinski definition) is 2. The van der Waals surface area contributed by atoms with Crippen molar-refractivity contribution in [2.24, 2.45) is 0 Å². The van der Waals surface area contributed by atoms with E-state index in [1.165, 1.54) is 11.3 Å². The first-order valence-electron chi connectivity index (χ1n) is 3.88. The second kappa shape index (κ2) is 4.84. The maximum Gasteiger partial charge on any atom is 0.261 e. The van der Waals surface area contributed by atoms with Crippen molar-refractivity contribution in [1.29, 1.82) is 0 Å². The zero-order valence-electron chi connectivity index (χ0n) is 7.06. The Bertz CT molecular complexity index is 292. The van der Waals surface area contributed by atoms with Crippen LogP contribution >= 0.6 is 34.5 Å². The van der Waals surface area contributed by atoms with E-state index >= 15 is 0 Å². The smallest absolute Gasteiger partial charge is 0.261 e. The van der Waals surface area contributed by atoms with Crippen LogP contribution in [0.15, 0.2) is 6.07 Å². The zero-order chi connectivity index (χ0) is 9.84. The minimum Gasteiger partial charge on any atom is -0.351 e. The number of halogens is 2. The molecule has 0 saturated carbocycles. The summed E-state index contributed by atoms with van der Waals surface area (Å²) in [5.74, 6) is -0.111. The minimum atomic E-state index is -0.111. The molecule has 1 rings (SSSR count). The number of amides is 1. The Balaban J connectivity index is 2.66. The van der Waals surface area contributed by atoms with Gasteiger partial charge in [-0.05, 0) is 12.5 Å². The first-order chi connectivity index (χ1) is 6.15. The average molecular weight is 238 g/mol. The molecule has 13 heavy (non-hydrogen) atoms. The van der Waals surface area contributed by atoms with Gasteiger partial charge in [-0.1, -0.05) is 30.1 Å². The van der Waals surface area contributed by atoms with Gasteiger partial charge in [-0.3, -0.25) is 4.79 Å². The van der Waals surface area contributed by atoms with E-state index in [2.05, 4.69) is 5.32 Å². The van der Waals surface area contributed by atoms with Crippen molar-refractivity contribution in [2.75, 3.05) is 6.54 Å². The molecule has 72 valence electrons. The van der Waals surface area contributed by atoms with Crippen LogP contribution in [0.5, 0.6) is 0 Å². The van der Waals surface area contributed by atoms with E-state index < -0.39 is 0 Å². The highest BCUT2D eigenvalue weighted by Gasteiger charge is 2.11. The number of hydrogen-bond donors (Lipinski definition) is 1. The van der Waals surface area contributed by atoms with Crippen LogP contribution < -0.4 is 5.32 Å². The fourth-order valence-electron chi connectivity index (χ4n) is 0.784. The van der Waals surface area contributed by atoms with Gasteiger partial charge in [0.2, 0.25) is 0 Å². The normalized spacial score (nSPS) is 10.1. The first kappa shape index (κ1) is 10.8. The van der Waals surface area contributed by atoms with Gasteiger partial charge in [0.1, 0.15) is 4.34 Å². The lowest BCUT2D eigenvalue weighted by Crippen LogP contribution is -2.22. The fourth-order valence-corrected chi connectivity index (χ4v) is 2.07. The highest BCUT2D eigenvalue weighted by molar-refractivity contribution is 7.18. The van der Waals surface area contributed by atoms with Crippen molar-refractivity contribution >= 4 is 40.4 Å². The molecule has 0 aromatic carbocycles. The van der Waals surface area contributed by atoms with E-state index in [0.29, 0.717) is 20.8 Å². The molecule has 0 spiro atoms. The van der Waals surface area contributed by atoms with Crippen molar-refractivity contribution in [3.05, 3.63) is 20.3 Å². The van der Waals surface area contributed by atoms with Crippen molar-refractivity contribution < 1.29 is 4.79 Å². The summed E-state index contributed by atoms with van der Waals surface area (Å²) >= 11 is 12.6. The van der Waals surface area contributed by atoms with Crippen LogP contribution in [0.1, 0.15) is 23.0 Å². The molecule has 1 N–H and O–H groups in total. The molecular formula is C8H9Cl2NOS. The van der Waals surface area contributed by atoms with Crippen LogP contribution in [-0.4, -0.2) is 12.5 Å². The van der Waals surface area contributed by atoms with Gasteiger partial charge in [-0.25, -0.2) is 0 Å². The van der Waals surface area contributed by atoms with Crippen molar-refractivity contribution in [1.82, 2.24) is 5.32 Å². The Morgan fingerprint density at radius 2 is 2.31 bits per heavy atom. The Hall–Kier alpha value is -0.250. The van der Waals surface area contributed by atoms with E-state index in [-0.39, 0.29) is 5.91 Å². The second-order valence-electron chi connectivity index (χ2n) is 2.49. The monoisotopic (exact) mass is 237 g/mol. The third-order valence-corrected chi connectivity index (χ3v) is 3.27. The minimum absolute atomic E-state index is 0.111. The lowest BCUT2D eigenvalue weighted by Gasteiger charge is -1.98. The number of nitrogens with one attached hydrogen (secondary N) is 1. The van der Waals surface area contributed by atoms with Crippen LogP contribution in [0.2, 0.25) is 9.36 Å². The van der Waals surface area contributed by atoms with Crippen molar-refractivity contribution in [3.8, 4) is 0 Å². The fraction of sp³-hybridized carbons (Fsp3) is 0.375. The molecule has 0 atom stereocenters. The standard InChI is InChI=1S/C8H9Cl2NOS/c1-2-3-11-8(12)6-4-5(9)7(10)13-6/h4H,2-3H2,1H3,(H,11,12). The summed E-state index contributed by atoms with van der Waals surface area (Å²) in [6.45, 7) is 2.67. The Morgan fingerprint density at radius 1 is 1.62 bits per heavy atom. The summed E-state index contributed by atoms with van der Waals surface area (Å²) in [6, 6.07) is 1.58. The van der Waals surface area contributed by atoms with Crippen LogP contribution in [0.3, 0.4) is 0 Å². The molecule has 0 aliphatic rings. The highest BCUT2D eigenvalue weighted by Crippen LogP contribution is 2.31. The largest absolute Gasteiger partial charge is 0.351 e. The molecule has 2 nitrogen and oxygen atoms in total. The molecular weight excluding hydrogens is 229 g/mol. The first-order valence-corrected chi connectivity index (χ1v) is 5.45. The van der Waals surface area contributed by atoms with E-state index in [1.807, 2.05) is 6.92 Å². The molecule has 1 heterocycles. The predicted molar refractivity (Wildman–Crippen MR) is 57.0 cm³/mol. The molecule has 0 aliphatic heterocycles. The summed E-state index contributed by atoms with van der Waals surface area (Å²) in [7, 11) is 0. The molecule has 0 aliphatic carbocycles. The Kier molecular flexibility index (Phi) is 4.03. The van der Waals surface area contributed by atoms with Gasteiger partial charge < -0.3 is 5.32 Å². The predicted octanol–water partition coefficient (Wildman–Crippen LogP) is 3.19. The molecule has 1 aromatic rings. The van der Waals surface area contributed by atoms with E-state index in [4.69, 9.17) is 23.2 Å². The van der Waals surface area contributed by atoms with Gasteiger partial charge in [0.05, 0.1) is 9.90 Å². The van der Waals surface area contributed by atoms with E-state index in [0.717, 1.165) is 6.42 Å². The number of carbonyl (C=O) groups is 1. The number of carbonyl (C=O) groups excluding carboxylic acids is 1. The highest BCUT2D eigenvalue weighted by atomic mass is 35.5. The van der Waals surface area contributed by atoms with Crippen molar-refractivity contribution in [2.45, 2.75) is 13.3 Å². The van der Waals surface area contributed by atoms with Crippen LogP contribution in [0.4, 0.5) is 0 Å². The summed E-state index contributed by atoms with van der Waals surface area (Å²) in [5.41, 5.74) is 0. The van der Waals surface area contributed by atoms with Crippen LogP contribution in [-0.2, 0) is 0 Å². The van der Waals surface area contributed by atoms with Crippen LogP contribution in [0, 0.1) is 0 Å². The number of rotatable bonds is 3. The van der Waals surface area contributed by atoms with Gasteiger partial charge in [-0.2, -0.15) is 0 Å². The average Bonchev–Trinajstić information content (AvgIpc) is 2.43. The van der Waals surface area contributed by atoms with Gasteiger partial charge in [0, 0.05) is 6.54 Å². The van der Waals surface area contributed by atoms with Crippen LogP contribution in [0.25, 0.3) is 0 Å². The topological polar surface area (TPSA) is 29.1 Å². The third-order valence-electron chi connectivity index (χ3n) is 1.40. The molecule has 1 amide bonds. The van der Waals surface area contributed by atoms with E-state index in [1.54, 1.807) is 6.07 Å². The third kappa shape index (κ3) is 2.86. The number of thiophene rings is 1. The molecule has 0 unspecified atom stereocenters. The van der Waals surface area contributed by atoms with Gasteiger partial charge in [-0.15, -0.1) is 11.3 Å². The molecule has 5 heteroatoms. The molecule has 0 radical (unpaired) electrons. The summed E-state index contributed by atoms with van der Waals surface area (Å²) in [4.78, 5) is 11.9. The van der Waals surface area contributed by atoms with Gasteiger partial charge >= 0.3 is 0 Å². The lowest BCUT2D eigenvalue weighted by atomic mass is 10.4. The SMILES string of the molecule is CCCNC(=O)c1cc(Cl)c(Cl)s1. The van der Waals surface area contributed by atoms with Gasteiger partial charge in [0.25, 0.3) is 5.91 Å². The quantitative estimate of drug-likeness (QED) is 0.860. The summed E-state index contributed by atoms with van der Waals surface area (Å²) in [5, 5.41) is 3.18. The summed E-state index contributed by atoms with van der Waals surface area (Å²) in [6.07, 6.45) is 0.915. The summed E-state index contributed by atoms with van der Waals surface area (Å²) < 4.78 is 0.461. The lowest BCUT2D eigenvalue weighted by molar-refractivity contribution is 0.0957. The second-order valence-corrected chi connectivity index (χ2v) is 4.55.